The van der Waals surface area contributed by atoms with Gasteiger partial charge in [0.1, 0.15) is 23.4 Å². The smallest absolute Gasteiger partial charge is 0.256 e. The third kappa shape index (κ3) is 5.78. The Bertz CT molecular complexity index is 1260. The van der Waals surface area contributed by atoms with E-state index in [9.17, 15) is 19.1 Å². The van der Waals surface area contributed by atoms with Crippen molar-refractivity contribution in [1.29, 1.82) is 0 Å². The number of aliphatic hydroxyl groups excluding tert-OH is 1. The normalized spacial score (nSPS) is 17.5. The topological polar surface area (TPSA) is 101 Å². The number of aliphatic hydroxyl groups is 1. The van der Waals surface area contributed by atoms with Gasteiger partial charge in [-0.05, 0) is 59.4 Å². The number of aromatic nitrogens is 1. The van der Waals surface area contributed by atoms with Gasteiger partial charge in [-0.2, -0.15) is 0 Å². The summed E-state index contributed by atoms with van der Waals surface area (Å²) in [7, 11) is 3.10. The Morgan fingerprint density at radius 3 is 2.45 bits per heavy atom. The molecule has 9 heteroatoms. The standard InChI is InChI=1S/C29H32FN3O5/c1-18(17-34)9-11-33-27(28(35)32-15-19-12-22(37-2)14-23(13-19)38-3)26(20-4-6-21(30)7-5-20)24-8-10-31-16-25(24)29(33)36/h4-8,10,12-14,16,18,26-27,34H,9,11,15,17H2,1-3H3,(H,32,35)/t18?,26?,27-/m1/s1. The van der Waals surface area contributed by atoms with Crippen molar-refractivity contribution in [2.24, 2.45) is 5.92 Å². The number of carbonyl (C=O) groups is 2. The maximum absolute atomic E-state index is 13.9. The zero-order valence-electron chi connectivity index (χ0n) is 21.7. The lowest BCUT2D eigenvalue weighted by molar-refractivity contribution is -0.126. The number of hydrogen-bond donors (Lipinski definition) is 2. The summed E-state index contributed by atoms with van der Waals surface area (Å²) in [6.45, 7) is 2.29. The average Bonchev–Trinajstić information content (AvgIpc) is 2.95. The van der Waals surface area contributed by atoms with Crippen LogP contribution in [0.1, 0.15) is 46.3 Å². The minimum Gasteiger partial charge on any atom is -0.497 e. The van der Waals surface area contributed by atoms with E-state index < -0.39 is 17.8 Å². The maximum Gasteiger partial charge on any atom is 0.256 e. The first-order valence-electron chi connectivity index (χ1n) is 12.5. The molecule has 0 saturated heterocycles. The van der Waals surface area contributed by atoms with Crippen LogP contribution in [0.25, 0.3) is 0 Å². The predicted octanol–water partition coefficient (Wildman–Crippen LogP) is 3.53. The van der Waals surface area contributed by atoms with Crippen molar-refractivity contribution in [1.82, 2.24) is 15.2 Å². The molecule has 8 nitrogen and oxygen atoms in total. The first kappa shape index (κ1) is 27.1. The fourth-order valence-corrected chi connectivity index (χ4v) is 4.76. The first-order chi connectivity index (χ1) is 18.4. The Hall–Kier alpha value is -3.98. The van der Waals surface area contributed by atoms with Gasteiger partial charge in [0, 0.05) is 44.1 Å². The summed E-state index contributed by atoms with van der Waals surface area (Å²) in [5.74, 6) is -0.477. The van der Waals surface area contributed by atoms with Gasteiger partial charge in [0.05, 0.1) is 19.8 Å². The molecule has 200 valence electrons. The molecule has 0 bridgehead atoms. The van der Waals surface area contributed by atoms with Gasteiger partial charge in [0.15, 0.2) is 0 Å². The second-order valence-corrected chi connectivity index (χ2v) is 9.45. The predicted molar refractivity (Wildman–Crippen MR) is 140 cm³/mol. The number of amides is 2. The lowest BCUT2D eigenvalue weighted by atomic mass is 9.78. The van der Waals surface area contributed by atoms with Gasteiger partial charge >= 0.3 is 0 Å². The number of nitrogens with zero attached hydrogens (tertiary/aromatic N) is 2. The van der Waals surface area contributed by atoms with E-state index in [2.05, 4.69) is 10.3 Å². The Morgan fingerprint density at radius 2 is 1.82 bits per heavy atom. The molecule has 3 aromatic rings. The summed E-state index contributed by atoms with van der Waals surface area (Å²) in [5, 5.41) is 12.5. The number of nitrogens with one attached hydrogen (secondary N) is 1. The fourth-order valence-electron chi connectivity index (χ4n) is 4.76. The Balaban J connectivity index is 1.73. The van der Waals surface area contributed by atoms with Gasteiger partial charge in [-0.3, -0.25) is 14.6 Å². The molecule has 0 spiro atoms. The molecule has 0 aliphatic carbocycles. The number of ether oxygens (including phenoxy) is 2. The summed E-state index contributed by atoms with van der Waals surface area (Å²) < 4.78 is 24.5. The number of carbonyl (C=O) groups excluding carboxylic acids is 2. The first-order valence-corrected chi connectivity index (χ1v) is 12.5. The molecule has 2 aromatic carbocycles. The molecule has 3 atom stereocenters. The molecule has 1 aliphatic heterocycles. The minimum atomic E-state index is -0.902. The van der Waals surface area contributed by atoms with Crippen molar-refractivity contribution in [2.75, 3.05) is 27.4 Å². The molecule has 1 aromatic heterocycles. The summed E-state index contributed by atoms with van der Waals surface area (Å²) in [6.07, 6.45) is 3.60. The van der Waals surface area contributed by atoms with E-state index in [4.69, 9.17) is 9.47 Å². The number of pyridine rings is 1. The second kappa shape index (κ2) is 12.0. The van der Waals surface area contributed by atoms with Crippen LogP contribution < -0.4 is 14.8 Å². The highest BCUT2D eigenvalue weighted by molar-refractivity contribution is 6.01. The number of rotatable bonds is 10. The highest BCUT2D eigenvalue weighted by Gasteiger charge is 2.44. The molecule has 0 radical (unpaired) electrons. The molecular weight excluding hydrogens is 489 g/mol. The number of hydrogen-bond acceptors (Lipinski definition) is 6. The Kier molecular flexibility index (Phi) is 8.58. The zero-order chi connectivity index (χ0) is 27.2. The van der Waals surface area contributed by atoms with Crippen LogP contribution in [0.4, 0.5) is 4.39 Å². The SMILES string of the molecule is COc1cc(CNC(=O)[C@H]2C(c3ccc(F)cc3)c3ccncc3C(=O)N2CCC(C)CO)cc(OC)c1. The molecule has 2 heterocycles. The lowest BCUT2D eigenvalue weighted by Gasteiger charge is -2.41. The zero-order valence-corrected chi connectivity index (χ0v) is 21.7. The van der Waals surface area contributed by atoms with Crippen molar-refractivity contribution < 1.29 is 28.6 Å². The molecule has 2 N–H and O–H groups in total. The van der Waals surface area contributed by atoms with Crippen LogP contribution in [-0.2, 0) is 11.3 Å². The number of halogens is 1. The van der Waals surface area contributed by atoms with Crippen molar-refractivity contribution >= 4 is 11.8 Å². The lowest BCUT2D eigenvalue weighted by Crippen LogP contribution is -2.56. The van der Waals surface area contributed by atoms with E-state index in [0.29, 0.717) is 34.6 Å². The summed E-state index contributed by atoms with van der Waals surface area (Å²) >= 11 is 0. The molecule has 2 amide bonds. The van der Waals surface area contributed by atoms with E-state index in [-0.39, 0.29) is 37.4 Å². The van der Waals surface area contributed by atoms with Crippen LogP contribution in [0, 0.1) is 11.7 Å². The third-order valence-electron chi connectivity index (χ3n) is 6.88. The van der Waals surface area contributed by atoms with Gasteiger partial charge in [0.2, 0.25) is 5.91 Å². The highest BCUT2D eigenvalue weighted by Crippen LogP contribution is 2.38. The quantitative estimate of drug-likeness (QED) is 0.423. The van der Waals surface area contributed by atoms with E-state index >= 15 is 0 Å². The van der Waals surface area contributed by atoms with Crippen LogP contribution in [0.5, 0.6) is 11.5 Å². The van der Waals surface area contributed by atoms with Crippen LogP contribution in [0.15, 0.2) is 60.9 Å². The molecule has 0 fully saturated rings. The van der Waals surface area contributed by atoms with Crippen LogP contribution >= 0.6 is 0 Å². The van der Waals surface area contributed by atoms with E-state index in [1.165, 1.54) is 18.3 Å². The molecule has 2 unspecified atom stereocenters. The molecular formula is C29H32FN3O5. The summed E-state index contributed by atoms with van der Waals surface area (Å²) in [6, 6.07) is 12.2. The highest BCUT2D eigenvalue weighted by atomic mass is 19.1. The van der Waals surface area contributed by atoms with Crippen molar-refractivity contribution in [3.63, 3.8) is 0 Å². The fraction of sp³-hybridized carbons (Fsp3) is 0.345. The third-order valence-corrected chi connectivity index (χ3v) is 6.88. The monoisotopic (exact) mass is 521 g/mol. The van der Waals surface area contributed by atoms with Crippen LogP contribution in [-0.4, -0.2) is 60.2 Å². The molecule has 38 heavy (non-hydrogen) atoms. The largest absolute Gasteiger partial charge is 0.497 e. The number of fused-ring (bicyclic) bond motifs is 1. The Labute approximate surface area is 221 Å². The maximum atomic E-state index is 13.9. The average molecular weight is 522 g/mol. The Morgan fingerprint density at radius 1 is 1.13 bits per heavy atom. The summed E-state index contributed by atoms with van der Waals surface area (Å²) in [4.78, 5) is 33.3. The second-order valence-electron chi connectivity index (χ2n) is 9.45. The van der Waals surface area contributed by atoms with Crippen molar-refractivity contribution in [3.05, 3.63) is 89.0 Å². The number of benzene rings is 2. The van der Waals surface area contributed by atoms with Crippen LogP contribution in [0.2, 0.25) is 0 Å². The van der Waals surface area contributed by atoms with E-state index in [1.54, 1.807) is 61.7 Å². The summed E-state index contributed by atoms with van der Waals surface area (Å²) in [5.41, 5.74) is 2.53. The minimum absolute atomic E-state index is 0.0316. The van der Waals surface area contributed by atoms with Gasteiger partial charge < -0.3 is 24.8 Å². The molecule has 1 aliphatic rings. The van der Waals surface area contributed by atoms with Gasteiger partial charge in [0.25, 0.3) is 5.91 Å². The van der Waals surface area contributed by atoms with Crippen molar-refractivity contribution in [3.8, 4) is 11.5 Å². The van der Waals surface area contributed by atoms with E-state index in [1.807, 2.05) is 6.92 Å². The van der Waals surface area contributed by atoms with Gasteiger partial charge in [-0.15, -0.1) is 0 Å². The van der Waals surface area contributed by atoms with Crippen LogP contribution in [0.3, 0.4) is 0 Å². The number of methoxy groups -OCH3 is 2. The van der Waals surface area contributed by atoms with Gasteiger partial charge in [-0.25, -0.2) is 4.39 Å². The molecule has 0 saturated carbocycles. The molecule has 4 rings (SSSR count). The van der Waals surface area contributed by atoms with E-state index in [0.717, 1.165) is 5.56 Å². The van der Waals surface area contributed by atoms with Gasteiger partial charge in [-0.1, -0.05) is 19.1 Å². The van der Waals surface area contributed by atoms with Crippen molar-refractivity contribution in [2.45, 2.75) is 31.8 Å².